The molecule has 0 saturated carbocycles. The number of phenols is 1. The van der Waals surface area contributed by atoms with E-state index in [0.717, 1.165) is 40.9 Å². The van der Waals surface area contributed by atoms with Crippen LogP contribution in [0.25, 0.3) is 6.08 Å². The molecule has 1 heterocycles. The number of nitro benzene ring substituents is 1. The molecule has 1 saturated heterocycles. The third kappa shape index (κ3) is 4.81. The van der Waals surface area contributed by atoms with E-state index in [1.54, 1.807) is 6.07 Å². The van der Waals surface area contributed by atoms with E-state index in [9.17, 15) is 28.4 Å². The lowest BCUT2D eigenvalue weighted by atomic mass is 10.2. The average Bonchev–Trinajstić information content (AvgIpc) is 3.03. The fourth-order valence-electron chi connectivity index (χ4n) is 2.70. The Bertz CT molecular complexity index is 1250. The van der Waals surface area contributed by atoms with Crippen LogP contribution in [0.1, 0.15) is 5.56 Å². The first-order valence-electron chi connectivity index (χ1n) is 8.95. The molecule has 32 heavy (non-hydrogen) atoms. The zero-order valence-electron chi connectivity index (χ0n) is 16.7. The van der Waals surface area contributed by atoms with Crippen LogP contribution < -0.4 is 4.74 Å². The van der Waals surface area contributed by atoms with Crippen molar-refractivity contribution in [1.82, 2.24) is 4.90 Å². The van der Waals surface area contributed by atoms with Crippen molar-refractivity contribution in [3.63, 3.8) is 0 Å². The highest BCUT2D eigenvalue weighted by Crippen LogP contribution is 2.35. The van der Waals surface area contributed by atoms with E-state index in [1.165, 1.54) is 31.4 Å². The molecule has 1 aliphatic heterocycles. The fraction of sp³-hybridized carbons (Fsp3) is 0.100. The van der Waals surface area contributed by atoms with E-state index in [4.69, 9.17) is 4.74 Å². The maximum atomic E-state index is 12.8. The molecule has 1 aliphatic rings. The molecule has 2 aromatic carbocycles. The number of ether oxygens (including phenoxy) is 1. The number of thioether (sulfide) groups is 1. The summed E-state index contributed by atoms with van der Waals surface area (Å²) in [7, 11) is -2.85. The summed E-state index contributed by atoms with van der Waals surface area (Å²) in [6.45, 7) is 3.60. The first kappa shape index (κ1) is 23.0. The van der Waals surface area contributed by atoms with Gasteiger partial charge in [-0.25, -0.2) is 0 Å². The summed E-state index contributed by atoms with van der Waals surface area (Å²) in [4.78, 5) is 24.1. The van der Waals surface area contributed by atoms with Crippen molar-refractivity contribution in [2.45, 2.75) is 4.90 Å². The van der Waals surface area contributed by atoms with Gasteiger partial charge in [-0.1, -0.05) is 12.1 Å². The predicted molar refractivity (Wildman–Crippen MR) is 120 cm³/mol. The number of amides is 1. The van der Waals surface area contributed by atoms with Crippen molar-refractivity contribution < 1.29 is 28.0 Å². The van der Waals surface area contributed by atoms with Crippen molar-refractivity contribution in [2.24, 2.45) is 4.40 Å². The molecule has 0 aliphatic carbocycles. The number of carbonyl (C=O) groups is 1. The highest BCUT2D eigenvalue weighted by Gasteiger charge is 2.34. The molecule has 166 valence electrons. The van der Waals surface area contributed by atoms with Crippen LogP contribution in [0.15, 0.2) is 69.3 Å². The molecule has 0 bridgehead atoms. The molecule has 3 rings (SSSR count). The Morgan fingerprint density at radius 2 is 1.97 bits per heavy atom. The van der Waals surface area contributed by atoms with Crippen molar-refractivity contribution >= 4 is 44.6 Å². The van der Waals surface area contributed by atoms with Crippen molar-refractivity contribution in [2.75, 3.05) is 13.7 Å². The van der Waals surface area contributed by atoms with Gasteiger partial charge in [-0.15, -0.1) is 11.0 Å². The van der Waals surface area contributed by atoms with E-state index < -0.39 is 20.9 Å². The summed E-state index contributed by atoms with van der Waals surface area (Å²) in [6.07, 6.45) is 2.95. The Labute approximate surface area is 187 Å². The van der Waals surface area contributed by atoms with Gasteiger partial charge in [0, 0.05) is 18.7 Å². The number of non-ortho nitro benzene ring substituents is 1. The zero-order chi connectivity index (χ0) is 23.5. The minimum absolute atomic E-state index is 0.0245. The minimum Gasteiger partial charge on any atom is -0.504 e. The number of carbonyl (C=O) groups excluding carboxylic acids is 1. The van der Waals surface area contributed by atoms with Crippen LogP contribution in [0.2, 0.25) is 0 Å². The molecule has 12 heteroatoms. The van der Waals surface area contributed by atoms with E-state index in [2.05, 4.69) is 11.0 Å². The molecule has 0 spiro atoms. The third-order valence-corrected chi connectivity index (χ3v) is 6.65. The SMILES string of the molecule is C=CCN1C(=O)/C(=C/c2ccc(O)c(OC)c2)S/C1=N/S(=O)(=O)c1ccc([N+](=O)[O-])cc1. The Morgan fingerprint density at radius 1 is 1.28 bits per heavy atom. The number of nitro groups is 1. The average molecular weight is 476 g/mol. The van der Waals surface area contributed by atoms with Crippen LogP contribution in [-0.4, -0.2) is 48.1 Å². The van der Waals surface area contributed by atoms with Crippen LogP contribution in [0.5, 0.6) is 11.5 Å². The number of methoxy groups -OCH3 is 1. The summed E-state index contributed by atoms with van der Waals surface area (Å²) < 4.78 is 34.3. The third-order valence-electron chi connectivity index (χ3n) is 4.24. The van der Waals surface area contributed by atoms with Crippen LogP contribution in [0.3, 0.4) is 0 Å². The molecule has 0 aromatic heterocycles. The number of rotatable bonds is 7. The Kier molecular flexibility index (Phi) is 6.65. The van der Waals surface area contributed by atoms with Crippen molar-refractivity contribution in [3.05, 3.63) is 75.7 Å². The number of amidine groups is 1. The zero-order valence-corrected chi connectivity index (χ0v) is 18.3. The van der Waals surface area contributed by atoms with Gasteiger partial charge in [-0.2, -0.15) is 8.42 Å². The van der Waals surface area contributed by atoms with Crippen molar-refractivity contribution in [3.8, 4) is 11.5 Å². The van der Waals surface area contributed by atoms with Gasteiger partial charge in [0.25, 0.3) is 21.6 Å². The number of aromatic hydroxyl groups is 1. The first-order valence-corrected chi connectivity index (χ1v) is 11.2. The summed E-state index contributed by atoms with van der Waals surface area (Å²) in [5.41, 5.74) is 0.290. The summed E-state index contributed by atoms with van der Waals surface area (Å²) in [5.74, 6) is -0.322. The number of phenolic OH excluding ortho intramolecular Hbond substituents is 1. The monoisotopic (exact) mass is 475 g/mol. The van der Waals surface area contributed by atoms with Gasteiger partial charge < -0.3 is 9.84 Å². The summed E-state index contributed by atoms with van der Waals surface area (Å²) in [6, 6.07) is 8.78. The van der Waals surface area contributed by atoms with E-state index in [-0.39, 0.29) is 38.7 Å². The molecule has 1 fully saturated rings. The van der Waals surface area contributed by atoms with Gasteiger partial charge >= 0.3 is 0 Å². The summed E-state index contributed by atoms with van der Waals surface area (Å²) >= 11 is 0.858. The number of benzene rings is 2. The quantitative estimate of drug-likeness (QED) is 0.279. The maximum Gasteiger partial charge on any atom is 0.284 e. The van der Waals surface area contributed by atoms with E-state index in [1.807, 2.05) is 0 Å². The summed E-state index contributed by atoms with van der Waals surface area (Å²) in [5, 5.41) is 20.4. The van der Waals surface area contributed by atoms with E-state index >= 15 is 0 Å². The molecule has 0 unspecified atom stereocenters. The normalized spacial score (nSPS) is 16.5. The molecular weight excluding hydrogens is 458 g/mol. The topological polar surface area (TPSA) is 139 Å². The van der Waals surface area contributed by atoms with Crippen LogP contribution >= 0.6 is 11.8 Å². The number of hydrogen-bond acceptors (Lipinski definition) is 8. The predicted octanol–water partition coefficient (Wildman–Crippen LogP) is 3.16. The second-order valence-corrected chi connectivity index (χ2v) is 8.96. The molecule has 0 atom stereocenters. The largest absolute Gasteiger partial charge is 0.504 e. The molecular formula is C20H17N3O7S2. The molecule has 1 amide bonds. The standard InChI is InChI=1S/C20H17N3O7S2/c1-3-10-22-19(25)18(12-13-4-9-16(24)17(11-13)30-2)31-20(22)21-32(28,29)15-7-5-14(6-8-15)23(26)27/h3-9,11-12,24H,1,10H2,2H3/b18-12-,21-20+. The van der Waals surface area contributed by atoms with Gasteiger partial charge in [0.15, 0.2) is 16.7 Å². The second-order valence-electron chi connectivity index (χ2n) is 6.35. The molecule has 0 radical (unpaired) electrons. The Balaban J connectivity index is 1.98. The van der Waals surface area contributed by atoms with Crippen LogP contribution in [0, 0.1) is 10.1 Å². The first-order chi connectivity index (χ1) is 15.2. The smallest absolute Gasteiger partial charge is 0.284 e. The Morgan fingerprint density at radius 3 is 2.56 bits per heavy atom. The lowest BCUT2D eigenvalue weighted by Gasteiger charge is -2.12. The molecule has 2 aromatic rings. The highest BCUT2D eigenvalue weighted by atomic mass is 32.2. The van der Waals surface area contributed by atoms with Gasteiger partial charge in [-0.05, 0) is 47.7 Å². The van der Waals surface area contributed by atoms with Gasteiger partial charge in [0.1, 0.15) is 0 Å². The Hall–Kier alpha value is -3.64. The number of nitrogens with zero attached hydrogens (tertiary/aromatic N) is 3. The van der Waals surface area contributed by atoms with Crippen LogP contribution in [-0.2, 0) is 14.8 Å². The highest BCUT2D eigenvalue weighted by molar-refractivity contribution is 8.19. The van der Waals surface area contributed by atoms with Gasteiger partial charge in [-0.3, -0.25) is 19.8 Å². The van der Waals surface area contributed by atoms with Gasteiger partial charge in [0.05, 0.1) is 21.8 Å². The van der Waals surface area contributed by atoms with Crippen LogP contribution in [0.4, 0.5) is 5.69 Å². The number of sulfonamides is 1. The lowest BCUT2D eigenvalue weighted by Crippen LogP contribution is -2.29. The van der Waals surface area contributed by atoms with E-state index in [0.29, 0.717) is 5.56 Å². The maximum absolute atomic E-state index is 12.8. The van der Waals surface area contributed by atoms with Crippen molar-refractivity contribution in [1.29, 1.82) is 0 Å². The fourth-order valence-corrected chi connectivity index (χ4v) is 4.89. The molecule has 10 nitrogen and oxygen atoms in total. The lowest BCUT2D eigenvalue weighted by molar-refractivity contribution is -0.384. The van der Waals surface area contributed by atoms with Gasteiger partial charge in [0.2, 0.25) is 0 Å². The number of hydrogen-bond donors (Lipinski definition) is 1. The second kappa shape index (κ2) is 9.24. The molecule has 1 N–H and O–H groups in total. The minimum atomic E-state index is -4.24.